The van der Waals surface area contributed by atoms with Gasteiger partial charge in [0, 0.05) is 50.4 Å². The second-order valence-electron chi connectivity index (χ2n) is 10.6. The average Bonchev–Trinajstić information content (AvgIpc) is 3.08. The summed E-state index contributed by atoms with van der Waals surface area (Å²) in [6, 6.07) is 0.918. The van der Waals surface area contributed by atoms with Crippen LogP contribution in [-0.2, 0) is 6.42 Å². The molecule has 37 heavy (non-hydrogen) atoms. The minimum Gasteiger partial charge on any atom is -0.477 e. The maximum Gasteiger partial charge on any atom is 0.347 e. The zero-order valence-corrected chi connectivity index (χ0v) is 23.5. The van der Waals surface area contributed by atoms with Crippen molar-refractivity contribution in [1.82, 2.24) is 19.9 Å². The van der Waals surface area contributed by atoms with Crippen LogP contribution < -0.4 is 15.1 Å². The van der Waals surface area contributed by atoms with Crippen LogP contribution in [0.2, 0.25) is 0 Å². The van der Waals surface area contributed by atoms with Crippen molar-refractivity contribution in [2.45, 2.75) is 84.9 Å². The summed E-state index contributed by atoms with van der Waals surface area (Å²) in [6.07, 6.45) is 4.26. The molecule has 10 nitrogen and oxygen atoms in total. The first-order chi connectivity index (χ1) is 17.6. The van der Waals surface area contributed by atoms with E-state index in [9.17, 15) is 15.0 Å². The minimum atomic E-state index is -0.982. The second-order valence-corrected chi connectivity index (χ2v) is 11.6. The number of carboxylic acid groups (broad SMARTS) is 1. The van der Waals surface area contributed by atoms with Gasteiger partial charge in [-0.15, -0.1) is 0 Å². The number of fused-ring (bicyclic) bond motifs is 1. The highest BCUT2D eigenvalue weighted by Crippen LogP contribution is 2.35. The van der Waals surface area contributed by atoms with E-state index in [-0.39, 0.29) is 11.0 Å². The summed E-state index contributed by atoms with van der Waals surface area (Å²) in [7, 11) is 0. The number of hydrogen-bond acceptors (Lipinski definition) is 10. The Kier molecular flexibility index (Phi) is 8.86. The number of aromatic nitrogens is 3. The number of carbonyl (C=O) groups is 1. The molecule has 4 heterocycles. The molecular formula is C26H41N7O3S. The first kappa shape index (κ1) is 27.5. The van der Waals surface area contributed by atoms with Gasteiger partial charge in [-0.1, -0.05) is 11.3 Å². The highest BCUT2D eigenvalue weighted by atomic mass is 32.1. The van der Waals surface area contributed by atoms with Crippen molar-refractivity contribution in [2.24, 2.45) is 0 Å². The largest absolute Gasteiger partial charge is 0.477 e. The third kappa shape index (κ3) is 6.50. The summed E-state index contributed by atoms with van der Waals surface area (Å²) in [5, 5.41) is 23.2. The highest BCUT2D eigenvalue weighted by Gasteiger charge is 2.28. The first-order valence-electron chi connectivity index (χ1n) is 13.5. The van der Waals surface area contributed by atoms with E-state index in [0.29, 0.717) is 28.9 Å². The molecule has 0 unspecified atom stereocenters. The summed E-state index contributed by atoms with van der Waals surface area (Å²) in [5.41, 5.74) is 1.64. The third-order valence-corrected chi connectivity index (χ3v) is 8.36. The van der Waals surface area contributed by atoms with Crippen LogP contribution in [0.25, 0.3) is 0 Å². The molecule has 204 valence electrons. The number of rotatable bonds is 9. The number of aryl methyl sites for hydroxylation is 1. The molecule has 0 amide bonds. The van der Waals surface area contributed by atoms with E-state index in [2.05, 4.69) is 52.7 Å². The van der Waals surface area contributed by atoms with E-state index in [1.807, 2.05) is 0 Å². The minimum absolute atomic E-state index is 0.214. The Balaban J connectivity index is 1.70. The van der Waals surface area contributed by atoms with E-state index in [0.717, 1.165) is 87.8 Å². The molecule has 2 aliphatic rings. The normalized spacial score (nSPS) is 17.0. The number of nitrogens with zero attached hydrogens (tertiary/aromatic N) is 6. The van der Waals surface area contributed by atoms with Crippen LogP contribution in [-0.4, -0.2) is 86.9 Å². The summed E-state index contributed by atoms with van der Waals surface area (Å²) >= 11 is 1.10. The van der Waals surface area contributed by atoms with Crippen LogP contribution in [0.15, 0.2) is 0 Å². The van der Waals surface area contributed by atoms with Gasteiger partial charge in [0.05, 0.1) is 11.8 Å². The van der Waals surface area contributed by atoms with E-state index >= 15 is 0 Å². The number of aromatic carboxylic acids is 1. The van der Waals surface area contributed by atoms with Gasteiger partial charge in [0.2, 0.25) is 5.95 Å². The van der Waals surface area contributed by atoms with Crippen LogP contribution >= 0.6 is 11.3 Å². The Bertz CT molecular complexity index is 1070. The van der Waals surface area contributed by atoms with Gasteiger partial charge >= 0.3 is 5.97 Å². The molecule has 2 aromatic rings. The van der Waals surface area contributed by atoms with Crippen LogP contribution in [0.3, 0.4) is 0 Å². The van der Waals surface area contributed by atoms with Crippen molar-refractivity contribution in [3.63, 3.8) is 0 Å². The van der Waals surface area contributed by atoms with Gasteiger partial charge in [-0.3, -0.25) is 10.2 Å². The summed E-state index contributed by atoms with van der Waals surface area (Å²) < 4.78 is 0. The fraction of sp³-hybridized carbons (Fsp3) is 0.692. The Morgan fingerprint density at radius 1 is 1.08 bits per heavy atom. The number of anilines is 4. The Morgan fingerprint density at radius 2 is 1.76 bits per heavy atom. The van der Waals surface area contributed by atoms with Crippen LogP contribution in [0, 0.1) is 6.92 Å². The summed E-state index contributed by atoms with van der Waals surface area (Å²) in [6.45, 7) is 14.9. The number of nitrogens with one attached hydrogen (secondary N) is 1. The molecule has 4 rings (SSSR count). The van der Waals surface area contributed by atoms with E-state index < -0.39 is 5.97 Å². The first-order valence-corrected chi connectivity index (χ1v) is 14.3. The molecule has 0 saturated carbocycles. The molecule has 0 bridgehead atoms. The lowest BCUT2D eigenvalue weighted by Crippen LogP contribution is -2.43. The fourth-order valence-electron chi connectivity index (χ4n) is 5.36. The zero-order chi connectivity index (χ0) is 26.7. The van der Waals surface area contributed by atoms with Gasteiger partial charge in [-0.2, -0.15) is 9.97 Å². The van der Waals surface area contributed by atoms with Crippen LogP contribution in [0.1, 0.15) is 74.3 Å². The number of carboxylic acids is 1. The number of hydrogen-bond donors (Lipinski definition) is 3. The monoisotopic (exact) mass is 531 g/mol. The van der Waals surface area contributed by atoms with Crippen molar-refractivity contribution in [3.8, 4) is 0 Å². The molecule has 1 saturated heterocycles. The van der Waals surface area contributed by atoms with Gasteiger partial charge in [-0.25, -0.2) is 9.78 Å². The molecule has 0 spiro atoms. The van der Waals surface area contributed by atoms with Crippen molar-refractivity contribution in [1.29, 1.82) is 0 Å². The molecule has 1 fully saturated rings. The van der Waals surface area contributed by atoms with Crippen molar-refractivity contribution in [2.75, 3.05) is 47.8 Å². The number of aliphatic hydroxyl groups is 1. The lowest BCUT2D eigenvalue weighted by atomic mass is 10.1. The van der Waals surface area contributed by atoms with E-state index in [4.69, 9.17) is 9.97 Å². The third-order valence-electron chi connectivity index (χ3n) is 7.30. The maximum atomic E-state index is 11.5. The smallest absolute Gasteiger partial charge is 0.347 e. The highest BCUT2D eigenvalue weighted by molar-refractivity contribution is 7.17. The van der Waals surface area contributed by atoms with Gasteiger partial charge in [0.25, 0.3) is 0 Å². The predicted molar refractivity (Wildman–Crippen MR) is 149 cm³/mol. The molecule has 3 N–H and O–H groups in total. The predicted octanol–water partition coefficient (Wildman–Crippen LogP) is 3.91. The number of thiazole rings is 1. The lowest BCUT2D eigenvalue weighted by molar-refractivity contribution is 0.0701. The molecule has 2 aromatic heterocycles. The van der Waals surface area contributed by atoms with E-state index in [1.54, 1.807) is 6.92 Å². The van der Waals surface area contributed by atoms with Crippen LogP contribution in [0.4, 0.5) is 22.7 Å². The van der Waals surface area contributed by atoms with Crippen molar-refractivity contribution in [3.05, 3.63) is 16.1 Å². The molecule has 11 heteroatoms. The maximum absolute atomic E-state index is 11.5. The van der Waals surface area contributed by atoms with E-state index in [1.165, 1.54) is 5.56 Å². The molecular weight excluding hydrogens is 490 g/mol. The fourth-order valence-corrected chi connectivity index (χ4v) is 6.16. The van der Waals surface area contributed by atoms with Gasteiger partial charge in [0.1, 0.15) is 16.5 Å². The Morgan fingerprint density at radius 3 is 2.38 bits per heavy atom. The number of aliphatic hydroxyl groups excluding tert-OH is 1. The Labute approximate surface area is 223 Å². The van der Waals surface area contributed by atoms with Gasteiger partial charge in [-0.05, 0) is 66.7 Å². The molecule has 0 aromatic carbocycles. The lowest BCUT2D eigenvalue weighted by Gasteiger charge is -2.35. The topological polar surface area (TPSA) is 118 Å². The second kappa shape index (κ2) is 11.9. The Hall–Kier alpha value is -2.50. The molecule has 0 atom stereocenters. The SMILES string of the molecule is Cc1nc(Nc2nc(N3CCC(O)CC3)c3c(n2)N(CCN(C(C)C)C(C)C)CCCC3)sc1C(=O)O. The standard InChI is InChI=1S/C26H41N7O3S/c1-16(2)33(17(3)4)15-14-31-11-7-6-8-20-22(31)28-25(29-23(20)32-12-9-19(34)10-13-32)30-26-27-18(5)21(37-26)24(35)36/h16-17,19,34H,6-15H2,1-5H3,(H,35,36)(H,27,28,29,30). The summed E-state index contributed by atoms with van der Waals surface area (Å²) in [5.74, 6) is 1.32. The van der Waals surface area contributed by atoms with Crippen molar-refractivity contribution < 1.29 is 15.0 Å². The van der Waals surface area contributed by atoms with Gasteiger partial charge in [0.15, 0.2) is 5.13 Å². The zero-order valence-electron chi connectivity index (χ0n) is 22.7. The number of piperidine rings is 1. The average molecular weight is 532 g/mol. The van der Waals surface area contributed by atoms with Crippen molar-refractivity contribution >= 4 is 40.0 Å². The molecule has 0 radical (unpaired) electrons. The van der Waals surface area contributed by atoms with Gasteiger partial charge < -0.3 is 20.0 Å². The quantitative estimate of drug-likeness (QED) is 0.440. The van der Waals surface area contributed by atoms with Crippen LogP contribution in [0.5, 0.6) is 0 Å². The molecule has 0 aliphatic carbocycles. The summed E-state index contributed by atoms with van der Waals surface area (Å²) in [4.78, 5) is 33.3. The molecule has 2 aliphatic heterocycles.